The number of carbonyl (C=O) groups excluding carboxylic acids is 1. The van der Waals surface area contributed by atoms with Crippen LogP contribution in [-0.2, 0) is 4.79 Å². The lowest BCUT2D eigenvalue weighted by molar-refractivity contribution is -0.132. The average Bonchev–Trinajstić information content (AvgIpc) is 2.16. The summed E-state index contributed by atoms with van der Waals surface area (Å²) >= 11 is 5.77. The van der Waals surface area contributed by atoms with Crippen LogP contribution < -0.4 is 9.47 Å². The van der Waals surface area contributed by atoms with Crippen molar-refractivity contribution >= 4 is 17.6 Å². The van der Waals surface area contributed by atoms with Gasteiger partial charge in [0.15, 0.2) is 11.5 Å². The quantitative estimate of drug-likeness (QED) is 0.450. The zero-order valence-corrected chi connectivity index (χ0v) is 9.08. The Bertz CT molecular complexity index is 374. The second-order valence-electron chi connectivity index (χ2n) is 2.78. The molecule has 0 aromatic heterocycles. The van der Waals surface area contributed by atoms with E-state index in [4.69, 9.17) is 21.1 Å². The highest BCUT2D eigenvalue weighted by Gasteiger charge is 2.07. The number of ether oxygens (including phenoxy) is 2. The first kappa shape index (κ1) is 11.6. The number of hydrogen-bond acceptors (Lipinski definition) is 3. The molecule has 1 aromatic carbocycles. The molecule has 0 amide bonds. The van der Waals surface area contributed by atoms with Crippen LogP contribution in [0.4, 0.5) is 0 Å². The third kappa shape index (κ3) is 3.64. The molecule has 0 fully saturated rings. The fourth-order valence-electron chi connectivity index (χ4n) is 0.984. The molecule has 0 saturated carbocycles. The molecular formula is C11H11ClO3. The highest BCUT2D eigenvalue weighted by Crippen LogP contribution is 2.30. The van der Waals surface area contributed by atoms with Gasteiger partial charge in [-0.05, 0) is 12.1 Å². The molecule has 0 atom stereocenters. The van der Waals surface area contributed by atoms with Gasteiger partial charge in [-0.1, -0.05) is 24.3 Å². The maximum absolute atomic E-state index is 10.8. The molecule has 0 aliphatic heterocycles. The molecule has 80 valence electrons. The number of rotatable bonds is 4. The summed E-state index contributed by atoms with van der Waals surface area (Å²) < 4.78 is 10.2. The first-order valence-corrected chi connectivity index (χ1v) is 4.73. The monoisotopic (exact) mass is 226 g/mol. The van der Waals surface area contributed by atoms with Crippen LogP contribution in [0.1, 0.15) is 6.92 Å². The van der Waals surface area contributed by atoms with Crippen LogP contribution in [0.5, 0.6) is 11.5 Å². The summed E-state index contributed by atoms with van der Waals surface area (Å²) in [4.78, 5) is 10.8. The number of hydrogen-bond donors (Lipinski definition) is 0. The lowest BCUT2D eigenvalue weighted by Gasteiger charge is -2.09. The van der Waals surface area contributed by atoms with Crippen molar-refractivity contribution in [3.8, 4) is 11.5 Å². The SMILES string of the molecule is C=CCOc1ccc(Cl)cc1OC(C)=O. The second-order valence-corrected chi connectivity index (χ2v) is 3.22. The van der Waals surface area contributed by atoms with Gasteiger partial charge in [-0.15, -0.1) is 0 Å². The van der Waals surface area contributed by atoms with Crippen LogP contribution >= 0.6 is 11.6 Å². The summed E-state index contributed by atoms with van der Waals surface area (Å²) in [6, 6.07) is 4.83. The van der Waals surface area contributed by atoms with E-state index in [-0.39, 0.29) is 0 Å². The molecule has 4 heteroatoms. The van der Waals surface area contributed by atoms with Crippen molar-refractivity contribution < 1.29 is 14.3 Å². The summed E-state index contributed by atoms with van der Waals surface area (Å²) in [6.45, 7) is 5.19. The van der Waals surface area contributed by atoms with Crippen molar-refractivity contribution in [2.75, 3.05) is 6.61 Å². The second kappa shape index (κ2) is 5.41. The smallest absolute Gasteiger partial charge is 0.308 e. The van der Waals surface area contributed by atoms with Crippen molar-refractivity contribution in [3.05, 3.63) is 35.9 Å². The third-order valence-corrected chi connectivity index (χ3v) is 1.75. The summed E-state index contributed by atoms with van der Waals surface area (Å²) in [5.74, 6) is 0.368. The minimum Gasteiger partial charge on any atom is -0.486 e. The first-order chi connectivity index (χ1) is 7.13. The van der Waals surface area contributed by atoms with Crippen LogP contribution in [0, 0.1) is 0 Å². The number of benzene rings is 1. The van der Waals surface area contributed by atoms with Crippen molar-refractivity contribution in [1.29, 1.82) is 0 Å². The largest absolute Gasteiger partial charge is 0.486 e. The first-order valence-electron chi connectivity index (χ1n) is 4.35. The predicted octanol–water partition coefficient (Wildman–Crippen LogP) is 2.83. The Morgan fingerprint density at radius 3 is 2.87 bits per heavy atom. The van der Waals surface area contributed by atoms with Crippen molar-refractivity contribution in [3.63, 3.8) is 0 Å². The Labute approximate surface area is 93.3 Å². The lowest BCUT2D eigenvalue weighted by Crippen LogP contribution is -2.04. The molecule has 3 nitrogen and oxygen atoms in total. The fourth-order valence-corrected chi connectivity index (χ4v) is 1.15. The highest BCUT2D eigenvalue weighted by atomic mass is 35.5. The highest BCUT2D eigenvalue weighted by molar-refractivity contribution is 6.30. The Hall–Kier alpha value is -1.48. The molecule has 0 bridgehead atoms. The van der Waals surface area contributed by atoms with Crippen LogP contribution in [0.25, 0.3) is 0 Å². The molecular weight excluding hydrogens is 216 g/mol. The van der Waals surface area contributed by atoms with Crippen LogP contribution in [0.2, 0.25) is 5.02 Å². The fraction of sp³-hybridized carbons (Fsp3) is 0.182. The van der Waals surface area contributed by atoms with Gasteiger partial charge in [0.05, 0.1) is 0 Å². The maximum atomic E-state index is 10.8. The minimum absolute atomic E-state index is 0.317. The molecule has 1 aromatic rings. The molecule has 0 radical (unpaired) electrons. The van der Waals surface area contributed by atoms with E-state index < -0.39 is 5.97 Å². The van der Waals surface area contributed by atoms with Crippen molar-refractivity contribution in [2.45, 2.75) is 6.92 Å². The van der Waals surface area contributed by atoms with Gasteiger partial charge in [0.1, 0.15) is 6.61 Å². The molecule has 1 rings (SSSR count). The molecule has 0 N–H and O–H groups in total. The standard InChI is InChI=1S/C11H11ClO3/c1-3-6-14-10-5-4-9(12)7-11(10)15-8(2)13/h3-5,7H,1,6H2,2H3. The van der Waals surface area contributed by atoms with E-state index >= 15 is 0 Å². The van der Waals surface area contributed by atoms with Gasteiger partial charge >= 0.3 is 5.97 Å². The molecule has 15 heavy (non-hydrogen) atoms. The van der Waals surface area contributed by atoms with Gasteiger partial charge in [-0.3, -0.25) is 4.79 Å². The summed E-state index contributed by atoms with van der Waals surface area (Å²) in [5, 5.41) is 0.484. The molecule has 0 spiro atoms. The zero-order chi connectivity index (χ0) is 11.3. The predicted molar refractivity (Wildman–Crippen MR) is 58.5 cm³/mol. The Kier molecular flexibility index (Phi) is 4.18. The van der Waals surface area contributed by atoms with E-state index in [0.717, 1.165) is 0 Å². The summed E-state index contributed by atoms with van der Waals surface area (Å²) in [5.41, 5.74) is 0. The van der Waals surface area contributed by atoms with Gasteiger partial charge in [0.2, 0.25) is 0 Å². The van der Waals surface area contributed by atoms with Crippen LogP contribution in [0.3, 0.4) is 0 Å². The van der Waals surface area contributed by atoms with Gasteiger partial charge < -0.3 is 9.47 Å². The van der Waals surface area contributed by atoms with E-state index in [2.05, 4.69) is 6.58 Å². The zero-order valence-electron chi connectivity index (χ0n) is 8.33. The number of halogens is 1. The van der Waals surface area contributed by atoms with E-state index in [9.17, 15) is 4.79 Å². The molecule has 0 aliphatic rings. The molecule has 0 unspecified atom stereocenters. The molecule has 0 heterocycles. The van der Waals surface area contributed by atoms with Gasteiger partial charge in [0, 0.05) is 18.0 Å². The van der Waals surface area contributed by atoms with Crippen molar-refractivity contribution in [1.82, 2.24) is 0 Å². The van der Waals surface area contributed by atoms with Crippen LogP contribution in [-0.4, -0.2) is 12.6 Å². The normalized spacial score (nSPS) is 9.47. The van der Waals surface area contributed by atoms with Gasteiger partial charge in [-0.2, -0.15) is 0 Å². The number of esters is 1. The topological polar surface area (TPSA) is 35.5 Å². The third-order valence-electron chi connectivity index (χ3n) is 1.52. The number of carbonyl (C=O) groups is 1. The Morgan fingerprint density at radius 2 is 2.27 bits per heavy atom. The van der Waals surface area contributed by atoms with E-state index in [1.807, 2.05) is 0 Å². The van der Waals surface area contributed by atoms with Crippen LogP contribution in [0.15, 0.2) is 30.9 Å². The van der Waals surface area contributed by atoms with E-state index in [1.165, 1.54) is 13.0 Å². The Morgan fingerprint density at radius 1 is 1.53 bits per heavy atom. The molecule has 0 aliphatic carbocycles. The van der Waals surface area contributed by atoms with E-state index in [1.54, 1.807) is 18.2 Å². The average molecular weight is 227 g/mol. The van der Waals surface area contributed by atoms with Crippen molar-refractivity contribution in [2.24, 2.45) is 0 Å². The molecule has 0 saturated heterocycles. The van der Waals surface area contributed by atoms with E-state index in [0.29, 0.717) is 23.1 Å². The van der Waals surface area contributed by atoms with Gasteiger partial charge in [-0.25, -0.2) is 0 Å². The minimum atomic E-state index is -0.416. The maximum Gasteiger partial charge on any atom is 0.308 e. The summed E-state index contributed by atoms with van der Waals surface area (Å²) in [6.07, 6.45) is 1.60. The van der Waals surface area contributed by atoms with Gasteiger partial charge in [0.25, 0.3) is 0 Å². The Balaban J connectivity index is 2.91. The lowest BCUT2D eigenvalue weighted by atomic mass is 10.3. The summed E-state index contributed by atoms with van der Waals surface area (Å²) in [7, 11) is 0.